The van der Waals surface area contributed by atoms with Crippen molar-refractivity contribution in [2.24, 2.45) is 0 Å². The van der Waals surface area contributed by atoms with Crippen LogP contribution < -0.4 is 10.1 Å². The van der Waals surface area contributed by atoms with Crippen LogP contribution in [0.3, 0.4) is 0 Å². The zero-order valence-electron chi connectivity index (χ0n) is 20.1. The minimum absolute atomic E-state index is 0.108. The third kappa shape index (κ3) is 5.93. The number of allylic oxidation sites excluding steroid dienone is 1. The first-order chi connectivity index (χ1) is 17.4. The summed E-state index contributed by atoms with van der Waals surface area (Å²) in [7, 11) is 0. The van der Waals surface area contributed by atoms with E-state index < -0.39 is 0 Å². The van der Waals surface area contributed by atoms with Crippen molar-refractivity contribution in [1.82, 2.24) is 14.8 Å². The van der Waals surface area contributed by atoms with Crippen LogP contribution in [0.5, 0.6) is 5.75 Å². The Morgan fingerprint density at radius 3 is 2.92 bits per heavy atom. The highest BCUT2D eigenvalue weighted by Crippen LogP contribution is 2.39. The van der Waals surface area contributed by atoms with Crippen molar-refractivity contribution in [3.63, 3.8) is 0 Å². The number of esters is 1. The number of halogens is 1. The van der Waals surface area contributed by atoms with Crippen LogP contribution >= 0.6 is 34.7 Å². The number of carbonyl (C=O) groups excluding carboxylic acids is 2. The van der Waals surface area contributed by atoms with Crippen molar-refractivity contribution >= 4 is 51.6 Å². The van der Waals surface area contributed by atoms with Gasteiger partial charge in [-0.15, -0.1) is 28.1 Å². The molecule has 1 aliphatic carbocycles. The standard InChI is InChI=1S/C25H27ClN4O4S2/c1-4-11-30-20(13-34-18-10-9-16(26)12-15(18)3)28-29-25(30)35-14-21(31)27-23-22(24(32)33-5-2)17-7-6-8-19(17)36-23/h4,9-10,12H,1,5-8,11,13-14H2,2-3H3,(H,27,31). The van der Waals surface area contributed by atoms with Gasteiger partial charge in [0.25, 0.3) is 0 Å². The maximum absolute atomic E-state index is 12.8. The molecule has 4 rings (SSSR count). The number of amides is 1. The molecule has 0 fully saturated rings. The molecule has 2 heterocycles. The zero-order valence-corrected chi connectivity index (χ0v) is 22.5. The lowest BCUT2D eigenvalue weighted by molar-refractivity contribution is -0.113. The molecule has 0 unspecified atom stereocenters. The number of fused-ring (bicyclic) bond motifs is 1. The number of aromatic nitrogens is 3. The molecule has 8 nitrogen and oxygen atoms in total. The quantitative estimate of drug-likeness (QED) is 0.194. The number of carbonyl (C=O) groups is 2. The molecule has 0 saturated carbocycles. The molecule has 1 aromatic carbocycles. The monoisotopic (exact) mass is 546 g/mol. The van der Waals surface area contributed by atoms with Gasteiger partial charge < -0.3 is 14.8 Å². The summed E-state index contributed by atoms with van der Waals surface area (Å²) in [6.45, 7) is 8.48. The Bertz CT molecular complexity index is 1290. The van der Waals surface area contributed by atoms with E-state index >= 15 is 0 Å². The molecular weight excluding hydrogens is 520 g/mol. The van der Waals surface area contributed by atoms with E-state index in [1.165, 1.54) is 23.1 Å². The van der Waals surface area contributed by atoms with Gasteiger partial charge in [0.05, 0.1) is 17.9 Å². The van der Waals surface area contributed by atoms with Gasteiger partial charge in [-0.2, -0.15) is 0 Å². The predicted octanol–water partition coefficient (Wildman–Crippen LogP) is 5.46. The lowest BCUT2D eigenvalue weighted by Crippen LogP contribution is -2.17. The Morgan fingerprint density at radius 2 is 2.17 bits per heavy atom. The Morgan fingerprint density at radius 1 is 1.33 bits per heavy atom. The summed E-state index contributed by atoms with van der Waals surface area (Å²) >= 11 is 8.75. The van der Waals surface area contributed by atoms with E-state index in [4.69, 9.17) is 21.1 Å². The second kappa shape index (κ2) is 11.9. The van der Waals surface area contributed by atoms with Crippen molar-refractivity contribution in [3.8, 4) is 5.75 Å². The number of ether oxygens (including phenoxy) is 2. The number of benzene rings is 1. The summed E-state index contributed by atoms with van der Waals surface area (Å²) in [6, 6.07) is 5.42. The Kier molecular flexibility index (Phi) is 8.71. The van der Waals surface area contributed by atoms with Gasteiger partial charge in [-0.3, -0.25) is 9.36 Å². The summed E-state index contributed by atoms with van der Waals surface area (Å²) in [5.41, 5.74) is 2.43. The van der Waals surface area contributed by atoms with Crippen LogP contribution in [0, 0.1) is 6.92 Å². The van der Waals surface area contributed by atoms with E-state index in [9.17, 15) is 9.59 Å². The smallest absolute Gasteiger partial charge is 0.341 e. The Labute approximate surface area is 223 Å². The van der Waals surface area contributed by atoms with Crippen LogP contribution in [0.25, 0.3) is 0 Å². The molecular formula is C25H27ClN4O4S2. The number of thioether (sulfide) groups is 1. The van der Waals surface area contributed by atoms with E-state index in [0.717, 1.165) is 35.3 Å². The fourth-order valence-electron chi connectivity index (χ4n) is 3.97. The van der Waals surface area contributed by atoms with Crippen molar-refractivity contribution in [2.45, 2.75) is 51.4 Å². The maximum Gasteiger partial charge on any atom is 0.341 e. The number of rotatable bonds is 11. The van der Waals surface area contributed by atoms with Crippen molar-refractivity contribution in [3.05, 3.63) is 63.3 Å². The molecule has 1 aliphatic rings. The molecule has 0 saturated heterocycles. The summed E-state index contributed by atoms with van der Waals surface area (Å²) in [5.74, 6) is 0.823. The number of anilines is 1. The molecule has 0 bridgehead atoms. The van der Waals surface area contributed by atoms with Gasteiger partial charge in [0.15, 0.2) is 11.0 Å². The molecule has 190 valence electrons. The molecule has 0 spiro atoms. The van der Waals surface area contributed by atoms with Crippen LogP contribution in [0.4, 0.5) is 5.00 Å². The number of thiophene rings is 1. The summed E-state index contributed by atoms with van der Waals surface area (Å²) in [6.07, 6.45) is 4.50. The van der Waals surface area contributed by atoms with Gasteiger partial charge in [-0.1, -0.05) is 29.4 Å². The predicted molar refractivity (Wildman–Crippen MR) is 142 cm³/mol. The van der Waals surface area contributed by atoms with Crippen molar-refractivity contribution < 1.29 is 19.1 Å². The molecule has 0 radical (unpaired) electrons. The topological polar surface area (TPSA) is 95.3 Å². The van der Waals surface area contributed by atoms with Gasteiger partial charge in [0, 0.05) is 16.4 Å². The average molecular weight is 547 g/mol. The van der Waals surface area contributed by atoms with Crippen LogP contribution in [0.1, 0.15) is 45.5 Å². The average Bonchev–Trinajstić information content (AvgIpc) is 3.52. The summed E-state index contributed by atoms with van der Waals surface area (Å²) in [4.78, 5) is 26.5. The van der Waals surface area contributed by atoms with Crippen molar-refractivity contribution in [1.29, 1.82) is 0 Å². The number of hydrogen-bond acceptors (Lipinski definition) is 8. The number of hydrogen-bond donors (Lipinski definition) is 1. The molecule has 1 N–H and O–H groups in total. The SMILES string of the molecule is C=CCn1c(COc2ccc(Cl)cc2C)nnc1SCC(=O)Nc1sc2c(c1C(=O)OCC)CCC2. The highest BCUT2D eigenvalue weighted by Gasteiger charge is 2.28. The van der Waals surface area contributed by atoms with Crippen molar-refractivity contribution in [2.75, 3.05) is 17.7 Å². The second-order valence-electron chi connectivity index (χ2n) is 8.12. The van der Waals surface area contributed by atoms with E-state index in [-0.39, 0.29) is 30.8 Å². The molecule has 3 aromatic rings. The van der Waals surface area contributed by atoms with Gasteiger partial charge in [-0.25, -0.2) is 4.79 Å². The molecule has 36 heavy (non-hydrogen) atoms. The third-order valence-corrected chi connectivity index (χ3v) is 7.99. The third-order valence-electron chi connectivity index (χ3n) is 5.59. The molecule has 11 heteroatoms. The number of aryl methyl sites for hydroxylation is 2. The van der Waals surface area contributed by atoms with E-state index in [1.807, 2.05) is 23.6 Å². The summed E-state index contributed by atoms with van der Waals surface area (Å²) < 4.78 is 13.0. The van der Waals surface area contributed by atoms with Gasteiger partial charge in [0.1, 0.15) is 17.4 Å². The lowest BCUT2D eigenvalue weighted by Gasteiger charge is -2.11. The highest BCUT2D eigenvalue weighted by atomic mass is 35.5. The highest BCUT2D eigenvalue weighted by molar-refractivity contribution is 7.99. The first kappa shape index (κ1) is 26.2. The van der Waals surface area contributed by atoms with Gasteiger partial charge in [-0.05, 0) is 62.4 Å². The fraction of sp³-hybridized carbons (Fsp3) is 0.360. The maximum atomic E-state index is 12.8. The van der Waals surface area contributed by atoms with E-state index in [0.29, 0.717) is 38.9 Å². The van der Waals surface area contributed by atoms with Gasteiger partial charge in [0.2, 0.25) is 5.91 Å². The lowest BCUT2D eigenvalue weighted by atomic mass is 10.1. The Hall–Kier alpha value is -2.82. The summed E-state index contributed by atoms with van der Waals surface area (Å²) in [5, 5.41) is 13.2. The van der Waals surface area contributed by atoms with Crippen LogP contribution in [0.15, 0.2) is 36.0 Å². The number of nitrogens with zero attached hydrogens (tertiary/aromatic N) is 3. The normalized spacial score (nSPS) is 12.3. The van der Waals surface area contributed by atoms with Gasteiger partial charge >= 0.3 is 5.97 Å². The minimum Gasteiger partial charge on any atom is -0.485 e. The van der Waals surface area contributed by atoms with E-state index in [2.05, 4.69) is 22.1 Å². The fourth-order valence-corrected chi connectivity index (χ4v) is 6.25. The number of nitrogens with one attached hydrogen (secondary N) is 1. The van der Waals surface area contributed by atoms with Crippen LogP contribution in [-0.4, -0.2) is 39.0 Å². The molecule has 0 atom stereocenters. The first-order valence-corrected chi connectivity index (χ1v) is 13.8. The molecule has 1 amide bonds. The molecule has 0 aliphatic heterocycles. The first-order valence-electron chi connectivity index (χ1n) is 11.6. The zero-order chi connectivity index (χ0) is 25.7. The van der Waals surface area contributed by atoms with E-state index in [1.54, 1.807) is 19.1 Å². The largest absolute Gasteiger partial charge is 0.485 e. The molecule has 2 aromatic heterocycles. The van der Waals surface area contributed by atoms with Crippen LogP contribution in [-0.2, 0) is 35.5 Å². The Balaban J connectivity index is 1.42. The second-order valence-corrected chi connectivity index (χ2v) is 10.6. The minimum atomic E-state index is -0.383. The van der Waals surface area contributed by atoms with Crippen LogP contribution in [0.2, 0.25) is 5.02 Å².